The van der Waals surface area contributed by atoms with E-state index in [9.17, 15) is 15.0 Å². The van der Waals surface area contributed by atoms with Gasteiger partial charge in [0, 0.05) is 6.42 Å². The zero-order valence-electron chi connectivity index (χ0n) is 9.42. The number of benzene rings is 1. The van der Waals surface area contributed by atoms with Crippen LogP contribution in [0.1, 0.15) is 17.2 Å². The number of hydrogen-bond donors (Lipinski definition) is 2. The molecule has 17 heavy (non-hydrogen) atoms. The van der Waals surface area contributed by atoms with Crippen LogP contribution >= 0.6 is 0 Å². The summed E-state index contributed by atoms with van der Waals surface area (Å²) in [5.74, 6) is -0.0669. The van der Waals surface area contributed by atoms with E-state index in [4.69, 9.17) is 4.74 Å². The highest BCUT2D eigenvalue weighted by molar-refractivity contribution is 5.75. The summed E-state index contributed by atoms with van der Waals surface area (Å²) in [5, 5.41) is 19.4. The Kier molecular flexibility index (Phi) is 3.31. The van der Waals surface area contributed by atoms with Crippen molar-refractivity contribution >= 4 is 5.97 Å². The number of fused-ring (bicyclic) bond motifs is 1. The highest BCUT2D eigenvalue weighted by Crippen LogP contribution is 2.29. The summed E-state index contributed by atoms with van der Waals surface area (Å²) in [6.45, 7) is 0.619. The van der Waals surface area contributed by atoms with Crippen LogP contribution in [0.4, 0.5) is 0 Å². The Morgan fingerprint density at radius 3 is 2.94 bits per heavy atom. The molecule has 2 rings (SSSR count). The van der Waals surface area contributed by atoms with Crippen LogP contribution in [-0.4, -0.2) is 36.0 Å². The normalized spacial score (nSPS) is 16.9. The molecule has 0 aliphatic carbocycles. The molecule has 1 heterocycles. The van der Waals surface area contributed by atoms with Gasteiger partial charge in [0.25, 0.3) is 0 Å². The van der Waals surface area contributed by atoms with Crippen molar-refractivity contribution in [2.24, 2.45) is 0 Å². The van der Waals surface area contributed by atoms with Gasteiger partial charge in [-0.1, -0.05) is 6.07 Å². The highest BCUT2D eigenvalue weighted by Gasteiger charge is 2.27. The highest BCUT2D eigenvalue weighted by atomic mass is 16.5. The number of hydrogen-bond acceptors (Lipinski definition) is 5. The van der Waals surface area contributed by atoms with Crippen molar-refractivity contribution in [2.45, 2.75) is 18.6 Å². The van der Waals surface area contributed by atoms with E-state index in [2.05, 4.69) is 4.74 Å². The SMILES string of the molecule is COC(=O)C(O)C(O)c1ccc2c(c1)CCO2. The lowest BCUT2D eigenvalue weighted by Gasteiger charge is -2.16. The maximum absolute atomic E-state index is 11.1. The summed E-state index contributed by atoms with van der Waals surface area (Å²) in [5.41, 5.74) is 1.45. The zero-order chi connectivity index (χ0) is 12.4. The summed E-state index contributed by atoms with van der Waals surface area (Å²) in [6, 6.07) is 5.09. The first-order valence-corrected chi connectivity index (χ1v) is 5.33. The zero-order valence-corrected chi connectivity index (χ0v) is 9.42. The second-order valence-corrected chi connectivity index (χ2v) is 3.88. The molecule has 0 saturated carbocycles. The molecule has 5 heteroatoms. The first kappa shape index (κ1) is 11.9. The molecule has 0 fully saturated rings. The van der Waals surface area contributed by atoms with Crippen LogP contribution < -0.4 is 4.74 Å². The van der Waals surface area contributed by atoms with Crippen molar-refractivity contribution in [3.63, 3.8) is 0 Å². The van der Waals surface area contributed by atoms with Crippen LogP contribution in [-0.2, 0) is 16.0 Å². The molecule has 2 N–H and O–H groups in total. The summed E-state index contributed by atoms with van der Waals surface area (Å²) in [7, 11) is 1.16. The Morgan fingerprint density at radius 2 is 2.24 bits per heavy atom. The van der Waals surface area contributed by atoms with Crippen LogP contribution in [0, 0.1) is 0 Å². The van der Waals surface area contributed by atoms with E-state index in [1.54, 1.807) is 18.2 Å². The third-order valence-corrected chi connectivity index (χ3v) is 2.80. The molecular formula is C12H14O5. The van der Waals surface area contributed by atoms with Crippen molar-refractivity contribution < 1.29 is 24.5 Å². The van der Waals surface area contributed by atoms with Gasteiger partial charge in [-0.2, -0.15) is 0 Å². The van der Waals surface area contributed by atoms with Crippen LogP contribution in [0.5, 0.6) is 5.75 Å². The van der Waals surface area contributed by atoms with Gasteiger partial charge in [-0.15, -0.1) is 0 Å². The molecule has 0 aromatic heterocycles. The van der Waals surface area contributed by atoms with Gasteiger partial charge in [-0.3, -0.25) is 0 Å². The number of aliphatic hydroxyl groups is 2. The predicted octanol–water partition coefficient (Wildman–Crippen LogP) is 0.189. The summed E-state index contributed by atoms with van der Waals surface area (Å²) < 4.78 is 9.70. The maximum atomic E-state index is 11.1. The Labute approximate surface area is 98.6 Å². The van der Waals surface area contributed by atoms with E-state index in [0.717, 1.165) is 24.8 Å². The fourth-order valence-corrected chi connectivity index (χ4v) is 1.82. The van der Waals surface area contributed by atoms with Crippen LogP contribution in [0.15, 0.2) is 18.2 Å². The molecular weight excluding hydrogens is 224 g/mol. The number of carbonyl (C=O) groups excluding carboxylic acids is 1. The van der Waals surface area contributed by atoms with Crippen LogP contribution in [0.3, 0.4) is 0 Å². The molecule has 0 amide bonds. The summed E-state index contributed by atoms with van der Waals surface area (Å²) in [6.07, 6.45) is -2.08. The minimum Gasteiger partial charge on any atom is -0.493 e. The Morgan fingerprint density at radius 1 is 1.47 bits per heavy atom. The molecule has 2 atom stereocenters. The van der Waals surface area contributed by atoms with Crippen molar-refractivity contribution in [1.29, 1.82) is 0 Å². The largest absolute Gasteiger partial charge is 0.493 e. The first-order chi connectivity index (χ1) is 8.13. The third-order valence-electron chi connectivity index (χ3n) is 2.80. The van der Waals surface area contributed by atoms with Gasteiger partial charge >= 0.3 is 5.97 Å². The second kappa shape index (κ2) is 4.73. The fourth-order valence-electron chi connectivity index (χ4n) is 1.82. The number of rotatable bonds is 3. The number of methoxy groups -OCH3 is 1. The summed E-state index contributed by atoms with van der Waals surface area (Å²) >= 11 is 0. The van der Waals surface area contributed by atoms with Crippen molar-refractivity contribution in [3.8, 4) is 5.75 Å². The molecule has 0 radical (unpaired) electrons. The smallest absolute Gasteiger partial charge is 0.337 e. The van der Waals surface area contributed by atoms with E-state index in [-0.39, 0.29) is 0 Å². The predicted molar refractivity (Wildman–Crippen MR) is 58.6 cm³/mol. The molecule has 0 bridgehead atoms. The van der Waals surface area contributed by atoms with Gasteiger partial charge < -0.3 is 19.7 Å². The summed E-state index contributed by atoms with van der Waals surface area (Å²) in [4.78, 5) is 11.1. The van der Waals surface area contributed by atoms with Crippen molar-refractivity contribution in [2.75, 3.05) is 13.7 Å². The van der Waals surface area contributed by atoms with E-state index in [0.29, 0.717) is 12.2 Å². The minimum absolute atomic E-state index is 0.479. The van der Waals surface area contributed by atoms with E-state index in [1.165, 1.54) is 0 Å². The molecule has 0 spiro atoms. The van der Waals surface area contributed by atoms with Gasteiger partial charge in [-0.25, -0.2) is 4.79 Å². The van der Waals surface area contributed by atoms with E-state index in [1.807, 2.05) is 0 Å². The maximum Gasteiger partial charge on any atom is 0.337 e. The Balaban J connectivity index is 2.19. The van der Waals surface area contributed by atoms with Gasteiger partial charge in [-0.05, 0) is 23.3 Å². The first-order valence-electron chi connectivity index (χ1n) is 5.33. The third kappa shape index (κ3) is 2.25. The quantitative estimate of drug-likeness (QED) is 0.735. The van der Waals surface area contributed by atoms with E-state index >= 15 is 0 Å². The lowest BCUT2D eigenvalue weighted by molar-refractivity contribution is -0.156. The van der Waals surface area contributed by atoms with Crippen LogP contribution in [0.25, 0.3) is 0 Å². The topological polar surface area (TPSA) is 76.0 Å². The van der Waals surface area contributed by atoms with Gasteiger partial charge in [0.1, 0.15) is 11.9 Å². The monoisotopic (exact) mass is 238 g/mol. The van der Waals surface area contributed by atoms with Crippen LogP contribution in [0.2, 0.25) is 0 Å². The fraction of sp³-hybridized carbons (Fsp3) is 0.417. The number of esters is 1. The van der Waals surface area contributed by atoms with Crippen molar-refractivity contribution in [3.05, 3.63) is 29.3 Å². The standard InChI is InChI=1S/C12H14O5/c1-16-12(15)11(14)10(13)8-2-3-9-7(6-8)4-5-17-9/h2-3,6,10-11,13-14H,4-5H2,1H3. The molecule has 92 valence electrons. The minimum atomic E-state index is -1.57. The van der Waals surface area contributed by atoms with Gasteiger partial charge in [0.05, 0.1) is 13.7 Å². The molecule has 0 saturated heterocycles. The Bertz CT molecular complexity index is 429. The van der Waals surface area contributed by atoms with Gasteiger partial charge in [0.15, 0.2) is 6.10 Å². The Hall–Kier alpha value is -1.59. The second-order valence-electron chi connectivity index (χ2n) is 3.88. The lowest BCUT2D eigenvalue weighted by Crippen LogP contribution is -2.29. The lowest BCUT2D eigenvalue weighted by atomic mass is 10.0. The van der Waals surface area contributed by atoms with Crippen molar-refractivity contribution in [1.82, 2.24) is 0 Å². The average molecular weight is 238 g/mol. The molecule has 2 unspecified atom stereocenters. The number of aliphatic hydroxyl groups excluding tert-OH is 2. The molecule has 1 aromatic rings. The van der Waals surface area contributed by atoms with E-state index < -0.39 is 18.2 Å². The van der Waals surface area contributed by atoms with Gasteiger partial charge in [0.2, 0.25) is 0 Å². The molecule has 1 aliphatic rings. The molecule has 5 nitrogen and oxygen atoms in total. The number of ether oxygens (including phenoxy) is 2. The molecule has 1 aromatic carbocycles. The average Bonchev–Trinajstić information content (AvgIpc) is 2.83. The number of carbonyl (C=O) groups is 1. The molecule has 1 aliphatic heterocycles.